The molecule has 0 radical (unpaired) electrons. The maximum Gasteiger partial charge on any atom is 0.255 e. The van der Waals surface area contributed by atoms with Gasteiger partial charge in [-0.05, 0) is 40.5 Å². The Morgan fingerprint density at radius 3 is 2.64 bits per heavy atom. The average molecular weight is 344 g/mol. The van der Waals surface area contributed by atoms with Gasteiger partial charge in [0.15, 0.2) is 0 Å². The van der Waals surface area contributed by atoms with E-state index < -0.39 is 0 Å². The second kappa shape index (κ2) is 6.54. The van der Waals surface area contributed by atoms with Gasteiger partial charge < -0.3 is 10.2 Å². The van der Waals surface area contributed by atoms with Crippen LogP contribution in [0, 0.1) is 6.92 Å². The molecular formula is C18H28N6O. The molecule has 1 amide bonds. The van der Waals surface area contributed by atoms with Crippen LogP contribution in [0.1, 0.15) is 49.7 Å². The molecule has 1 saturated heterocycles. The second-order valence-electron chi connectivity index (χ2n) is 7.86. The van der Waals surface area contributed by atoms with Gasteiger partial charge in [0, 0.05) is 38.1 Å². The molecule has 0 unspecified atom stereocenters. The Kier molecular flexibility index (Phi) is 4.58. The molecular weight excluding hydrogens is 316 g/mol. The number of amides is 1. The average Bonchev–Trinajstić information content (AvgIpc) is 3.13. The van der Waals surface area contributed by atoms with Crippen molar-refractivity contribution in [2.45, 2.75) is 52.1 Å². The third-order valence-corrected chi connectivity index (χ3v) is 4.70. The zero-order valence-corrected chi connectivity index (χ0v) is 15.8. The molecule has 0 spiro atoms. The Morgan fingerprint density at radius 2 is 2.04 bits per heavy atom. The zero-order valence-electron chi connectivity index (χ0n) is 15.8. The lowest BCUT2D eigenvalue weighted by Crippen LogP contribution is -2.47. The second-order valence-corrected chi connectivity index (χ2v) is 7.86. The summed E-state index contributed by atoms with van der Waals surface area (Å²) >= 11 is 0. The van der Waals surface area contributed by atoms with Crippen molar-refractivity contribution in [1.29, 1.82) is 0 Å². The van der Waals surface area contributed by atoms with Crippen molar-refractivity contribution < 1.29 is 4.79 Å². The lowest BCUT2D eigenvalue weighted by atomic mass is 10.0. The predicted molar refractivity (Wildman–Crippen MR) is 97.9 cm³/mol. The molecule has 1 aliphatic heterocycles. The van der Waals surface area contributed by atoms with Crippen LogP contribution in [-0.2, 0) is 12.6 Å². The Morgan fingerprint density at radius 1 is 1.28 bits per heavy atom. The standard InChI is InChI=1S/C18H28N6O/c1-13-16(10-20-24(13)18(2,3)4)17(25)21-14-7-6-8-23(11-14)15-9-19-22(5)12-15/h9-10,12,14H,6-8,11H2,1-5H3,(H,21,25)/t14-/m0/s1. The van der Waals surface area contributed by atoms with Crippen molar-refractivity contribution in [3.8, 4) is 0 Å². The molecule has 1 aliphatic rings. The van der Waals surface area contributed by atoms with Crippen LogP contribution in [0.15, 0.2) is 18.6 Å². The summed E-state index contributed by atoms with van der Waals surface area (Å²) in [6.45, 7) is 10.0. The maximum absolute atomic E-state index is 12.7. The molecule has 0 aliphatic carbocycles. The maximum atomic E-state index is 12.7. The smallest absolute Gasteiger partial charge is 0.255 e. The molecule has 1 fully saturated rings. The van der Waals surface area contributed by atoms with E-state index in [1.807, 2.05) is 35.7 Å². The lowest BCUT2D eigenvalue weighted by Gasteiger charge is -2.33. The van der Waals surface area contributed by atoms with E-state index in [-0.39, 0.29) is 17.5 Å². The number of hydrogen-bond donors (Lipinski definition) is 1. The molecule has 3 heterocycles. The SMILES string of the molecule is Cc1c(C(=O)N[C@H]2CCCN(c3cnn(C)c3)C2)cnn1C(C)(C)C. The van der Waals surface area contributed by atoms with Crippen molar-refractivity contribution >= 4 is 11.6 Å². The van der Waals surface area contributed by atoms with E-state index in [9.17, 15) is 4.79 Å². The Bertz CT molecular complexity index is 754. The van der Waals surface area contributed by atoms with Crippen molar-refractivity contribution in [2.24, 2.45) is 7.05 Å². The molecule has 0 aromatic carbocycles. The Hall–Kier alpha value is -2.31. The number of carbonyl (C=O) groups excluding carboxylic acids is 1. The van der Waals surface area contributed by atoms with Crippen molar-refractivity contribution in [3.63, 3.8) is 0 Å². The Labute approximate surface area is 149 Å². The van der Waals surface area contributed by atoms with Gasteiger partial charge in [-0.2, -0.15) is 10.2 Å². The van der Waals surface area contributed by atoms with Gasteiger partial charge >= 0.3 is 0 Å². The molecule has 0 saturated carbocycles. The molecule has 0 bridgehead atoms. The van der Waals surface area contributed by atoms with Gasteiger partial charge in [0.25, 0.3) is 5.91 Å². The summed E-state index contributed by atoms with van der Waals surface area (Å²) in [6, 6.07) is 0.138. The van der Waals surface area contributed by atoms with Gasteiger partial charge in [-0.15, -0.1) is 0 Å². The normalized spacial score (nSPS) is 18.4. The van der Waals surface area contributed by atoms with E-state index in [2.05, 4.69) is 41.2 Å². The van der Waals surface area contributed by atoms with Gasteiger partial charge in [0.1, 0.15) is 0 Å². The number of rotatable bonds is 3. The highest BCUT2D eigenvalue weighted by Gasteiger charge is 2.26. The predicted octanol–water partition coefficient (Wildman–Crippen LogP) is 2.08. The van der Waals surface area contributed by atoms with Gasteiger partial charge in [0.05, 0.1) is 29.2 Å². The Balaban J connectivity index is 1.68. The van der Waals surface area contributed by atoms with Crippen LogP contribution >= 0.6 is 0 Å². The summed E-state index contributed by atoms with van der Waals surface area (Å²) in [5, 5.41) is 11.8. The van der Waals surface area contributed by atoms with Gasteiger partial charge in [-0.25, -0.2) is 0 Å². The molecule has 1 N–H and O–H groups in total. The molecule has 3 rings (SSSR count). The fourth-order valence-corrected chi connectivity index (χ4v) is 3.47. The number of nitrogens with one attached hydrogen (secondary N) is 1. The largest absolute Gasteiger partial charge is 0.367 e. The summed E-state index contributed by atoms with van der Waals surface area (Å²) in [4.78, 5) is 15.0. The minimum atomic E-state index is -0.134. The first-order valence-corrected chi connectivity index (χ1v) is 8.85. The number of aryl methyl sites for hydroxylation is 1. The first kappa shape index (κ1) is 17.5. The molecule has 1 atom stereocenters. The van der Waals surface area contributed by atoms with E-state index >= 15 is 0 Å². The van der Waals surface area contributed by atoms with E-state index in [0.29, 0.717) is 5.56 Å². The van der Waals surface area contributed by atoms with Crippen LogP contribution in [0.25, 0.3) is 0 Å². The van der Waals surface area contributed by atoms with Crippen LogP contribution < -0.4 is 10.2 Å². The van der Waals surface area contributed by atoms with Crippen molar-refractivity contribution in [2.75, 3.05) is 18.0 Å². The molecule has 2 aromatic heterocycles. The minimum absolute atomic E-state index is 0.0361. The zero-order chi connectivity index (χ0) is 18.2. The number of carbonyl (C=O) groups is 1. The highest BCUT2D eigenvalue weighted by Crippen LogP contribution is 2.21. The van der Waals surface area contributed by atoms with Crippen molar-refractivity contribution in [1.82, 2.24) is 24.9 Å². The highest BCUT2D eigenvalue weighted by atomic mass is 16.1. The number of nitrogens with zero attached hydrogens (tertiary/aromatic N) is 5. The summed E-state index contributed by atoms with van der Waals surface area (Å²) < 4.78 is 3.71. The molecule has 136 valence electrons. The summed E-state index contributed by atoms with van der Waals surface area (Å²) in [6.07, 6.45) is 7.62. The molecule has 25 heavy (non-hydrogen) atoms. The van der Waals surface area contributed by atoms with E-state index in [4.69, 9.17) is 0 Å². The number of anilines is 1. The van der Waals surface area contributed by atoms with Gasteiger partial charge in [-0.1, -0.05) is 0 Å². The number of aromatic nitrogens is 4. The molecule has 2 aromatic rings. The quantitative estimate of drug-likeness (QED) is 0.926. The van der Waals surface area contributed by atoms with E-state index in [0.717, 1.165) is 37.3 Å². The first-order valence-electron chi connectivity index (χ1n) is 8.85. The van der Waals surface area contributed by atoms with Crippen LogP contribution in [0.2, 0.25) is 0 Å². The van der Waals surface area contributed by atoms with E-state index in [1.165, 1.54) is 0 Å². The lowest BCUT2D eigenvalue weighted by molar-refractivity contribution is 0.0932. The van der Waals surface area contributed by atoms with E-state index in [1.54, 1.807) is 6.20 Å². The van der Waals surface area contributed by atoms with Gasteiger partial charge in [-0.3, -0.25) is 14.2 Å². The molecule has 7 heteroatoms. The van der Waals surface area contributed by atoms with Crippen molar-refractivity contribution in [3.05, 3.63) is 29.8 Å². The fourth-order valence-electron chi connectivity index (χ4n) is 3.47. The number of hydrogen-bond acceptors (Lipinski definition) is 4. The van der Waals surface area contributed by atoms with Crippen LogP contribution in [0.4, 0.5) is 5.69 Å². The summed E-state index contributed by atoms with van der Waals surface area (Å²) in [5.74, 6) is -0.0361. The summed E-state index contributed by atoms with van der Waals surface area (Å²) in [5.41, 5.74) is 2.54. The molecule has 7 nitrogen and oxygen atoms in total. The van der Waals surface area contributed by atoms with Crippen LogP contribution in [0.3, 0.4) is 0 Å². The third-order valence-electron chi connectivity index (χ3n) is 4.70. The minimum Gasteiger partial charge on any atom is -0.367 e. The highest BCUT2D eigenvalue weighted by molar-refractivity contribution is 5.95. The third kappa shape index (κ3) is 3.70. The number of piperidine rings is 1. The summed E-state index contributed by atoms with van der Waals surface area (Å²) in [7, 11) is 1.92. The fraction of sp³-hybridized carbons (Fsp3) is 0.611. The first-order chi connectivity index (χ1) is 11.8. The topological polar surface area (TPSA) is 68.0 Å². The van der Waals surface area contributed by atoms with Crippen LogP contribution in [-0.4, -0.2) is 44.6 Å². The monoisotopic (exact) mass is 344 g/mol. The van der Waals surface area contributed by atoms with Crippen LogP contribution in [0.5, 0.6) is 0 Å². The van der Waals surface area contributed by atoms with Gasteiger partial charge in [0.2, 0.25) is 0 Å².